The molecule has 32 heavy (non-hydrogen) atoms. The minimum Gasteiger partial charge on any atom is -0.481 e. The van der Waals surface area contributed by atoms with Gasteiger partial charge in [0.05, 0.1) is 0 Å². The number of aliphatic carboxylic acids is 1. The van der Waals surface area contributed by atoms with Crippen LogP contribution in [0.15, 0.2) is 23.8 Å². The number of rotatable bonds is 9. The van der Waals surface area contributed by atoms with E-state index in [-0.39, 0.29) is 17.3 Å². The minimum absolute atomic E-state index is 0.164. The standard InChI is InChI=1S/C29H46O3/c1-18(2)16-21(30)17-20(5)25-13-15-29(7)26-10-8-22(19(3)4)23(9-11-27(31)32)24(26)12-14-28(25,29)6/h10,18,20,22-25H,3,8-9,11-17H2,1-2,4-7H3,(H,31,32)/t20-,22+,23+,24+,25-,28-,29+/m1/s1. The summed E-state index contributed by atoms with van der Waals surface area (Å²) in [6, 6.07) is 0. The molecule has 2 saturated carbocycles. The Bertz CT molecular complexity index is 777. The van der Waals surface area contributed by atoms with E-state index in [1.54, 1.807) is 5.57 Å². The molecule has 0 heterocycles. The maximum absolute atomic E-state index is 12.6. The van der Waals surface area contributed by atoms with Crippen molar-refractivity contribution in [2.45, 2.75) is 99.3 Å². The zero-order valence-corrected chi connectivity index (χ0v) is 21.4. The fourth-order valence-electron chi connectivity index (χ4n) is 8.16. The Morgan fingerprint density at radius 3 is 2.44 bits per heavy atom. The molecule has 0 amide bonds. The second kappa shape index (κ2) is 9.47. The number of allylic oxidation sites excluding steroid dienone is 3. The van der Waals surface area contributed by atoms with Crippen LogP contribution in [0.25, 0.3) is 0 Å². The molecule has 0 spiro atoms. The number of hydrogen-bond donors (Lipinski definition) is 1. The van der Waals surface area contributed by atoms with Crippen molar-refractivity contribution in [3.8, 4) is 0 Å². The van der Waals surface area contributed by atoms with E-state index in [1.807, 2.05) is 0 Å². The molecule has 3 rings (SSSR count). The lowest BCUT2D eigenvalue weighted by molar-refractivity contribution is -0.137. The van der Waals surface area contributed by atoms with Gasteiger partial charge in [0.15, 0.2) is 0 Å². The second-order valence-electron chi connectivity index (χ2n) is 12.3. The molecular formula is C29H46O3. The monoisotopic (exact) mass is 442 g/mol. The highest BCUT2D eigenvalue weighted by Gasteiger charge is 2.61. The lowest BCUT2D eigenvalue weighted by Crippen LogP contribution is -2.49. The van der Waals surface area contributed by atoms with Crippen LogP contribution in [-0.4, -0.2) is 16.9 Å². The fourth-order valence-corrected chi connectivity index (χ4v) is 8.16. The third-order valence-electron chi connectivity index (χ3n) is 9.87. The molecule has 1 N–H and O–H groups in total. The summed E-state index contributed by atoms with van der Waals surface area (Å²) < 4.78 is 0. The summed E-state index contributed by atoms with van der Waals surface area (Å²) in [6.07, 6.45) is 10.7. The summed E-state index contributed by atoms with van der Waals surface area (Å²) in [5, 5.41) is 9.36. The van der Waals surface area contributed by atoms with Gasteiger partial charge in [-0.1, -0.05) is 58.4 Å². The average Bonchev–Trinajstić information content (AvgIpc) is 2.96. The first-order valence-electron chi connectivity index (χ1n) is 13.0. The van der Waals surface area contributed by atoms with Gasteiger partial charge in [-0.2, -0.15) is 0 Å². The van der Waals surface area contributed by atoms with E-state index in [2.05, 4.69) is 54.2 Å². The van der Waals surface area contributed by atoms with Crippen molar-refractivity contribution in [2.75, 3.05) is 0 Å². The SMILES string of the molecule is C=C(C)[C@@H]1CC=C2[C@@H](CC[C@]3(C)[C@@H]([C@H](C)CC(=O)CC(C)C)CC[C@@]23C)[C@H]1CCC(=O)O. The topological polar surface area (TPSA) is 54.4 Å². The molecule has 2 fully saturated rings. The number of carboxylic acid groups (broad SMARTS) is 1. The zero-order chi connectivity index (χ0) is 23.8. The van der Waals surface area contributed by atoms with Crippen LogP contribution in [0.5, 0.6) is 0 Å². The third-order valence-corrected chi connectivity index (χ3v) is 9.87. The number of carbonyl (C=O) groups excluding carboxylic acids is 1. The molecule has 3 nitrogen and oxygen atoms in total. The number of Topliss-reactive ketones (excluding diaryl/α,β-unsaturated/α-hetero) is 1. The van der Waals surface area contributed by atoms with E-state index < -0.39 is 5.97 Å². The molecule has 0 bridgehead atoms. The Labute approximate surface area is 196 Å². The van der Waals surface area contributed by atoms with Gasteiger partial charge in [0, 0.05) is 19.3 Å². The average molecular weight is 443 g/mol. The molecule has 0 aromatic rings. The van der Waals surface area contributed by atoms with Crippen molar-refractivity contribution >= 4 is 11.8 Å². The Morgan fingerprint density at radius 2 is 1.84 bits per heavy atom. The maximum atomic E-state index is 12.6. The van der Waals surface area contributed by atoms with Crippen LogP contribution in [0, 0.1) is 46.3 Å². The van der Waals surface area contributed by atoms with E-state index in [9.17, 15) is 14.7 Å². The van der Waals surface area contributed by atoms with Gasteiger partial charge in [-0.3, -0.25) is 9.59 Å². The normalized spacial score (nSPS) is 37.4. The first kappa shape index (κ1) is 25.2. The largest absolute Gasteiger partial charge is 0.481 e. The Morgan fingerprint density at radius 1 is 1.16 bits per heavy atom. The van der Waals surface area contributed by atoms with Gasteiger partial charge in [-0.25, -0.2) is 0 Å². The zero-order valence-electron chi connectivity index (χ0n) is 21.4. The van der Waals surface area contributed by atoms with E-state index in [0.717, 1.165) is 25.7 Å². The predicted molar refractivity (Wildman–Crippen MR) is 131 cm³/mol. The van der Waals surface area contributed by atoms with Crippen LogP contribution in [0.1, 0.15) is 99.3 Å². The molecule has 7 atom stereocenters. The number of hydrogen-bond acceptors (Lipinski definition) is 2. The highest BCUT2D eigenvalue weighted by atomic mass is 16.4. The van der Waals surface area contributed by atoms with E-state index >= 15 is 0 Å². The Hall–Kier alpha value is -1.38. The summed E-state index contributed by atoms with van der Waals surface area (Å²) >= 11 is 0. The van der Waals surface area contributed by atoms with Gasteiger partial charge >= 0.3 is 5.97 Å². The smallest absolute Gasteiger partial charge is 0.303 e. The maximum Gasteiger partial charge on any atom is 0.303 e. The molecular weight excluding hydrogens is 396 g/mol. The van der Waals surface area contributed by atoms with Crippen molar-refractivity contribution in [2.24, 2.45) is 46.3 Å². The Balaban J connectivity index is 1.85. The molecule has 0 radical (unpaired) electrons. The highest BCUT2D eigenvalue weighted by molar-refractivity contribution is 5.78. The van der Waals surface area contributed by atoms with Crippen molar-refractivity contribution in [3.63, 3.8) is 0 Å². The molecule has 3 heteroatoms. The number of carbonyl (C=O) groups is 2. The van der Waals surface area contributed by atoms with Gasteiger partial charge in [0.25, 0.3) is 0 Å². The molecule has 0 unspecified atom stereocenters. The van der Waals surface area contributed by atoms with Crippen LogP contribution in [0.4, 0.5) is 0 Å². The summed E-state index contributed by atoms with van der Waals surface area (Å²) in [4.78, 5) is 24.0. The van der Waals surface area contributed by atoms with Crippen LogP contribution in [0.3, 0.4) is 0 Å². The fraction of sp³-hybridized carbons (Fsp3) is 0.793. The summed E-state index contributed by atoms with van der Waals surface area (Å²) in [7, 11) is 0. The van der Waals surface area contributed by atoms with E-state index in [4.69, 9.17) is 0 Å². The lowest BCUT2D eigenvalue weighted by atomic mass is 9.47. The molecule has 0 aromatic carbocycles. The summed E-state index contributed by atoms with van der Waals surface area (Å²) in [5.74, 6) is 2.48. The Kier molecular flexibility index (Phi) is 7.47. The number of carboxylic acids is 1. The molecule has 3 aliphatic rings. The van der Waals surface area contributed by atoms with Gasteiger partial charge < -0.3 is 5.11 Å². The number of fused-ring (bicyclic) bond motifs is 3. The third kappa shape index (κ3) is 4.50. The first-order chi connectivity index (χ1) is 14.9. The van der Waals surface area contributed by atoms with Crippen LogP contribution in [0.2, 0.25) is 0 Å². The summed E-state index contributed by atoms with van der Waals surface area (Å²) in [5.41, 5.74) is 3.20. The van der Waals surface area contributed by atoms with Crippen LogP contribution in [-0.2, 0) is 9.59 Å². The molecule has 0 saturated heterocycles. The molecule has 0 aliphatic heterocycles. The van der Waals surface area contributed by atoms with E-state index in [0.29, 0.717) is 47.7 Å². The molecule has 3 aliphatic carbocycles. The highest BCUT2D eigenvalue weighted by Crippen LogP contribution is 2.70. The van der Waals surface area contributed by atoms with Gasteiger partial charge in [-0.05, 0) is 91.8 Å². The van der Waals surface area contributed by atoms with E-state index in [1.165, 1.54) is 24.8 Å². The quantitative estimate of drug-likeness (QED) is 0.377. The second-order valence-corrected chi connectivity index (χ2v) is 12.3. The molecule has 180 valence electrons. The lowest BCUT2D eigenvalue weighted by Gasteiger charge is -2.57. The number of ketones is 1. The van der Waals surface area contributed by atoms with Crippen LogP contribution < -0.4 is 0 Å². The van der Waals surface area contributed by atoms with Gasteiger partial charge in [0.2, 0.25) is 0 Å². The predicted octanol–water partition coefficient (Wildman–Crippen LogP) is 7.46. The first-order valence-corrected chi connectivity index (χ1v) is 13.0. The summed E-state index contributed by atoms with van der Waals surface area (Å²) in [6.45, 7) is 18.0. The van der Waals surface area contributed by atoms with Crippen molar-refractivity contribution in [1.82, 2.24) is 0 Å². The van der Waals surface area contributed by atoms with Crippen molar-refractivity contribution in [1.29, 1.82) is 0 Å². The van der Waals surface area contributed by atoms with Crippen molar-refractivity contribution < 1.29 is 14.7 Å². The molecule has 0 aromatic heterocycles. The van der Waals surface area contributed by atoms with Gasteiger partial charge in [0.1, 0.15) is 5.78 Å². The minimum atomic E-state index is -0.686. The van der Waals surface area contributed by atoms with Crippen molar-refractivity contribution in [3.05, 3.63) is 23.8 Å². The van der Waals surface area contributed by atoms with Gasteiger partial charge in [-0.15, -0.1) is 0 Å². The van der Waals surface area contributed by atoms with Crippen LogP contribution >= 0.6 is 0 Å².